The summed E-state index contributed by atoms with van der Waals surface area (Å²) >= 11 is 0. The predicted octanol–water partition coefficient (Wildman–Crippen LogP) is 1.58. The first kappa shape index (κ1) is 17.8. The molecule has 0 radical (unpaired) electrons. The average Bonchev–Trinajstić information content (AvgIpc) is 2.98. The molecule has 120 valence electrons. The molecular formula is C13H25N3O4Si. The van der Waals surface area contributed by atoms with Gasteiger partial charge < -0.3 is 23.6 Å². The Balaban J connectivity index is 2.40. The number of nitrogens with one attached hydrogen (secondary N) is 2. The van der Waals surface area contributed by atoms with Gasteiger partial charge in [0.1, 0.15) is 5.69 Å². The number of aromatic amines is 1. The van der Waals surface area contributed by atoms with Crippen molar-refractivity contribution in [3.63, 3.8) is 0 Å². The third kappa shape index (κ3) is 5.96. The van der Waals surface area contributed by atoms with Crippen LogP contribution in [0.5, 0.6) is 0 Å². The molecule has 1 aromatic rings. The molecule has 1 amide bonds. The van der Waals surface area contributed by atoms with E-state index in [1.165, 1.54) is 6.33 Å². The van der Waals surface area contributed by atoms with E-state index in [0.29, 0.717) is 38.1 Å². The molecule has 0 atom stereocenters. The van der Waals surface area contributed by atoms with Gasteiger partial charge in [0.25, 0.3) is 5.91 Å². The summed E-state index contributed by atoms with van der Waals surface area (Å²) in [5.41, 5.74) is 0.387. The number of nitrogens with zero attached hydrogens (tertiary/aromatic N) is 1. The highest BCUT2D eigenvalue weighted by Gasteiger charge is 2.39. The number of carbonyl (C=O) groups excluding carboxylic acids is 1. The predicted molar refractivity (Wildman–Crippen MR) is 81.0 cm³/mol. The van der Waals surface area contributed by atoms with Gasteiger partial charge in [-0.1, -0.05) is 0 Å². The molecule has 0 saturated carbocycles. The highest BCUT2D eigenvalue weighted by atomic mass is 28.4. The van der Waals surface area contributed by atoms with Gasteiger partial charge in [-0.15, -0.1) is 0 Å². The molecule has 0 saturated heterocycles. The van der Waals surface area contributed by atoms with Crippen molar-refractivity contribution < 1.29 is 18.1 Å². The fourth-order valence-corrected chi connectivity index (χ4v) is 4.60. The molecule has 0 unspecified atom stereocenters. The molecule has 1 aromatic heterocycles. The van der Waals surface area contributed by atoms with Crippen LogP contribution in [0.3, 0.4) is 0 Å². The first-order valence-electron chi connectivity index (χ1n) is 7.36. The molecule has 0 spiro atoms. The summed E-state index contributed by atoms with van der Waals surface area (Å²) in [6, 6.07) is 0.684. The van der Waals surface area contributed by atoms with E-state index in [2.05, 4.69) is 15.3 Å². The Kier molecular flexibility index (Phi) is 8.21. The van der Waals surface area contributed by atoms with Gasteiger partial charge in [0.2, 0.25) is 0 Å². The number of hydrogen-bond donors (Lipinski definition) is 2. The molecule has 0 aliphatic carbocycles. The van der Waals surface area contributed by atoms with Crippen LogP contribution in [0, 0.1) is 0 Å². The Bertz CT molecular complexity index is 383. The maximum absolute atomic E-state index is 11.7. The highest BCUT2D eigenvalue weighted by molar-refractivity contribution is 6.60. The van der Waals surface area contributed by atoms with Crippen molar-refractivity contribution >= 4 is 14.7 Å². The fraction of sp³-hybridized carbons (Fsp3) is 0.692. The normalized spacial score (nSPS) is 11.6. The van der Waals surface area contributed by atoms with Crippen LogP contribution >= 0.6 is 0 Å². The zero-order valence-electron chi connectivity index (χ0n) is 13.0. The number of carbonyl (C=O) groups is 1. The summed E-state index contributed by atoms with van der Waals surface area (Å²) < 4.78 is 17.3. The molecule has 2 N–H and O–H groups in total. The fourth-order valence-electron chi connectivity index (χ4n) is 1.98. The van der Waals surface area contributed by atoms with Crippen LogP contribution in [-0.2, 0) is 13.3 Å². The zero-order chi connectivity index (χ0) is 15.6. The van der Waals surface area contributed by atoms with Crippen molar-refractivity contribution in [2.75, 3.05) is 26.4 Å². The lowest BCUT2D eigenvalue weighted by Crippen LogP contribution is -2.46. The van der Waals surface area contributed by atoms with Gasteiger partial charge in [-0.25, -0.2) is 4.98 Å². The van der Waals surface area contributed by atoms with Gasteiger partial charge in [-0.3, -0.25) is 4.79 Å². The standard InChI is InChI=1S/C13H25N3O4Si/c1-4-18-21(19-5-2,20-6-3)9-7-8-15-13(17)12-10-14-11-16-12/h10-11H,4-9H2,1-3H3,(H,14,16)(H,15,17). The van der Waals surface area contributed by atoms with Crippen molar-refractivity contribution in [2.24, 2.45) is 0 Å². The summed E-state index contributed by atoms with van der Waals surface area (Å²) in [5, 5.41) is 2.82. The lowest BCUT2D eigenvalue weighted by atomic mass is 10.4. The monoisotopic (exact) mass is 315 g/mol. The molecule has 0 aliphatic heterocycles. The third-order valence-corrected chi connectivity index (χ3v) is 5.92. The van der Waals surface area contributed by atoms with Gasteiger partial charge >= 0.3 is 8.80 Å². The van der Waals surface area contributed by atoms with E-state index < -0.39 is 8.80 Å². The lowest BCUT2D eigenvalue weighted by Gasteiger charge is -2.28. The molecule has 1 rings (SSSR count). The molecule has 0 bridgehead atoms. The molecule has 0 fully saturated rings. The highest BCUT2D eigenvalue weighted by Crippen LogP contribution is 2.17. The van der Waals surface area contributed by atoms with E-state index in [9.17, 15) is 4.79 Å². The molecule has 1 heterocycles. The summed E-state index contributed by atoms with van der Waals surface area (Å²) in [4.78, 5) is 18.4. The second-order valence-corrected chi connectivity index (χ2v) is 7.03. The van der Waals surface area contributed by atoms with Crippen LogP contribution < -0.4 is 5.32 Å². The van der Waals surface area contributed by atoms with Crippen LogP contribution in [0.1, 0.15) is 37.7 Å². The number of H-pyrrole nitrogens is 1. The molecule has 21 heavy (non-hydrogen) atoms. The van der Waals surface area contributed by atoms with Crippen LogP contribution in [0.25, 0.3) is 0 Å². The number of amides is 1. The third-order valence-electron chi connectivity index (χ3n) is 2.77. The van der Waals surface area contributed by atoms with E-state index in [1.54, 1.807) is 6.20 Å². The Hall–Kier alpha value is -1.22. The Morgan fingerprint density at radius 1 is 1.24 bits per heavy atom. The summed E-state index contributed by atoms with van der Waals surface area (Å²) in [6.07, 6.45) is 3.78. The van der Waals surface area contributed by atoms with Gasteiger partial charge in [0.05, 0.1) is 6.33 Å². The Labute approximate surface area is 126 Å². The summed E-state index contributed by atoms with van der Waals surface area (Å²) in [6.45, 7) is 8.01. The smallest absolute Gasteiger partial charge is 0.374 e. The maximum atomic E-state index is 11.7. The average molecular weight is 315 g/mol. The van der Waals surface area contributed by atoms with Crippen LogP contribution in [-0.4, -0.2) is 51.0 Å². The number of rotatable bonds is 11. The number of imidazole rings is 1. The van der Waals surface area contributed by atoms with Crippen LogP contribution in [0.4, 0.5) is 0 Å². The second-order valence-electron chi connectivity index (χ2n) is 4.30. The molecule has 0 aliphatic rings. The quantitative estimate of drug-likeness (QED) is 0.478. The minimum Gasteiger partial charge on any atom is -0.374 e. The minimum absolute atomic E-state index is 0.187. The molecule has 7 nitrogen and oxygen atoms in total. The zero-order valence-corrected chi connectivity index (χ0v) is 14.0. The van der Waals surface area contributed by atoms with E-state index in [0.717, 1.165) is 6.42 Å². The van der Waals surface area contributed by atoms with Crippen molar-refractivity contribution in [3.8, 4) is 0 Å². The van der Waals surface area contributed by atoms with Crippen molar-refractivity contribution in [3.05, 3.63) is 18.2 Å². The number of aromatic nitrogens is 2. The minimum atomic E-state index is -2.61. The first-order chi connectivity index (χ1) is 10.2. The summed E-state index contributed by atoms with van der Waals surface area (Å²) in [5.74, 6) is -0.187. The van der Waals surface area contributed by atoms with Gasteiger partial charge in [-0.05, 0) is 27.2 Å². The summed E-state index contributed by atoms with van der Waals surface area (Å²) in [7, 11) is -2.61. The Morgan fingerprint density at radius 3 is 2.33 bits per heavy atom. The van der Waals surface area contributed by atoms with Gasteiger partial charge in [0.15, 0.2) is 0 Å². The topological polar surface area (TPSA) is 85.5 Å². The largest absolute Gasteiger partial charge is 0.500 e. The van der Waals surface area contributed by atoms with Crippen molar-refractivity contribution in [2.45, 2.75) is 33.2 Å². The SMILES string of the molecule is CCO[Si](CCCNC(=O)c1c[nH]cn1)(OCC)OCC. The van der Waals surface area contributed by atoms with Gasteiger partial charge in [-0.2, -0.15) is 0 Å². The number of hydrogen-bond acceptors (Lipinski definition) is 5. The van der Waals surface area contributed by atoms with Crippen LogP contribution in [0.2, 0.25) is 6.04 Å². The molecule has 0 aromatic carbocycles. The van der Waals surface area contributed by atoms with E-state index in [1.807, 2.05) is 20.8 Å². The Morgan fingerprint density at radius 2 is 1.86 bits per heavy atom. The van der Waals surface area contributed by atoms with Crippen molar-refractivity contribution in [1.29, 1.82) is 0 Å². The van der Waals surface area contributed by atoms with Crippen molar-refractivity contribution in [1.82, 2.24) is 15.3 Å². The van der Waals surface area contributed by atoms with E-state index >= 15 is 0 Å². The van der Waals surface area contributed by atoms with E-state index in [4.69, 9.17) is 13.3 Å². The molecular weight excluding hydrogens is 290 g/mol. The van der Waals surface area contributed by atoms with E-state index in [-0.39, 0.29) is 5.91 Å². The van der Waals surface area contributed by atoms with Gasteiger partial charge in [0, 0.05) is 38.6 Å². The molecule has 8 heteroatoms. The van der Waals surface area contributed by atoms with Crippen LogP contribution in [0.15, 0.2) is 12.5 Å². The second kappa shape index (κ2) is 9.67. The lowest BCUT2D eigenvalue weighted by molar-refractivity contribution is 0.0704. The first-order valence-corrected chi connectivity index (χ1v) is 9.29. The maximum Gasteiger partial charge on any atom is 0.500 e.